The molecule has 1 aromatic rings. The van der Waals surface area contributed by atoms with E-state index in [9.17, 15) is 4.79 Å². The first kappa shape index (κ1) is 7.60. The van der Waals surface area contributed by atoms with Crippen LogP contribution in [-0.2, 0) is 11.3 Å². The second kappa shape index (κ2) is 3.61. The number of rotatable bonds is 2. The number of carbonyl (C=O) groups excluding carboxylic acids is 1. The zero-order valence-corrected chi connectivity index (χ0v) is 5.91. The van der Waals surface area contributed by atoms with Crippen LogP contribution in [0.4, 0.5) is 4.79 Å². The predicted molar refractivity (Wildman–Crippen MR) is 39.7 cm³/mol. The van der Waals surface area contributed by atoms with Gasteiger partial charge in [0.05, 0.1) is 0 Å². The maximum Gasteiger partial charge on any atom is 0.404 e. The van der Waals surface area contributed by atoms with E-state index in [4.69, 9.17) is 5.73 Å². The van der Waals surface area contributed by atoms with Crippen LogP contribution in [0.2, 0.25) is 0 Å². The molecule has 57 valence electrons. The highest BCUT2D eigenvalue weighted by molar-refractivity contribution is 5.64. The molecule has 0 saturated heterocycles. The second-order valence-corrected chi connectivity index (χ2v) is 2.02. The van der Waals surface area contributed by atoms with Gasteiger partial charge in [-0.25, -0.2) is 4.79 Å². The number of ether oxygens (including phenoxy) is 1. The van der Waals surface area contributed by atoms with E-state index >= 15 is 0 Å². The van der Waals surface area contributed by atoms with Crippen LogP contribution in [-0.4, -0.2) is 6.09 Å². The lowest BCUT2D eigenvalue weighted by atomic mass is 10.2. The van der Waals surface area contributed by atoms with Crippen molar-refractivity contribution < 1.29 is 9.53 Å². The third kappa shape index (κ3) is 2.71. The molecule has 0 aromatic heterocycles. The van der Waals surface area contributed by atoms with Crippen LogP contribution in [0, 0.1) is 6.07 Å². The van der Waals surface area contributed by atoms with E-state index in [0.29, 0.717) is 0 Å². The molecule has 0 saturated carbocycles. The first-order valence-electron chi connectivity index (χ1n) is 3.16. The molecule has 3 nitrogen and oxygen atoms in total. The summed E-state index contributed by atoms with van der Waals surface area (Å²) >= 11 is 0. The summed E-state index contributed by atoms with van der Waals surface area (Å²) in [4.78, 5) is 10.2. The molecule has 11 heavy (non-hydrogen) atoms. The zero-order chi connectivity index (χ0) is 8.10. The van der Waals surface area contributed by atoms with Gasteiger partial charge in [0.2, 0.25) is 0 Å². The van der Waals surface area contributed by atoms with E-state index in [-0.39, 0.29) is 6.61 Å². The van der Waals surface area contributed by atoms with E-state index < -0.39 is 6.09 Å². The number of amides is 1. The molecule has 3 heteroatoms. The van der Waals surface area contributed by atoms with E-state index in [0.717, 1.165) is 5.56 Å². The van der Waals surface area contributed by atoms with Crippen molar-refractivity contribution in [1.29, 1.82) is 0 Å². The minimum atomic E-state index is -0.756. The first-order valence-corrected chi connectivity index (χ1v) is 3.16. The number of benzene rings is 1. The van der Waals surface area contributed by atoms with Crippen LogP contribution in [0.5, 0.6) is 0 Å². The minimum Gasteiger partial charge on any atom is -0.445 e. The molecule has 0 atom stereocenters. The number of nitrogens with two attached hydrogens (primary N) is 1. The topological polar surface area (TPSA) is 52.3 Å². The molecule has 0 bridgehead atoms. The van der Waals surface area contributed by atoms with Crippen LogP contribution >= 0.6 is 0 Å². The molecule has 2 N–H and O–H groups in total. The standard InChI is InChI=1S/C8H8NO2/c9-8(10)11-6-7-4-2-1-3-5-7/h1-2,4-5H,6H2,(H2,9,10). The van der Waals surface area contributed by atoms with Crippen LogP contribution in [0.25, 0.3) is 0 Å². The summed E-state index contributed by atoms with van der Waals surface area (Å²) in [6.45, 7) is 0.215. The number of hydrogen-bond donors (Lipinski definition) is 1. The molecule has 0 aliphatic heterocycles. The van der Waals surface area contributed by atoms with Crippen molar-refractivity contribution in [3.63, 3.8) is 0 Å². The van der Waals surface area contributed by atoms with Gasteiger partial charge in [0, 0.05) is 0 Å². The summed E-state index contributed by atoms with van der Waals surface area (Å²) in [7, 11) is 0. The zero-order valence-electron chi connectivity index (χ0n) is 5.91. The fourth-order valence-corrected chi connectivity index (χ4v) is 0.675. The van der Waals surface area contributed by atoms with Gasteiger partial charge in [0.15, 0.2) is 0 Å². The van der Waals surface area contributed by atoms with Crippen LogP contribution < -0.4 is 5.73 Å². The Bertz CT molecular complexity index is 233. The molecule has 0 unspecified atom stereocenters. The van der Waals surface area contributed by atoms with Crippen LogP contribution in [0.15, 0.2) is 24.3 Å². The Morgan fingerprint density at radius 1 is 1.73 bits per heavy atom. The second-order valence-electron chi connectivity index (χ2n) is 2.02. The van der Waals surface area contributed by atoms with Gasteiger partial charge < -0.3 is 10.5 Å². The van der Waals surface area contributed by atoms with Crippen LogP contribution in [0.1, 0.15) is 5.56 Å². The Hall–Kier alpha value is -1.51. The lowest BCUT2D eigenvalue weighted by molar-refractivity contribution is 0.150. The molecule has 0 fully saturated rings. The summed E-state index contributed by atoms with van der Waals surface area (Å²) in [5, 5.41) is 0. The van der Waals surface area contributed by atoms with Crippen molar-refractivity contribution in [2.75, 3.05) is 0 Å². The summed E-state index contributed by atoms with van der Waals surface area (Å²) in [5.74, 6) is 0. The van der Waals surface area contributed by atoms with Gasteiger partial charge in [-0.3, -0.25) is 0 Å². The van der Waals surface area contributed by atoms with Gasteiger partial charge in [-0.15, -0.1) is 0 Å². The molecule has 0 heterocycles. The molecule has 0 aliphatic rings. The maximum atomic E-state index is 10.2. The molecule has 1 aromatic carbocycles. The summed E-state index contributed by atoms with van der Waals surface area (Å²) in [6.07, 6.45) is -0.756. The molecule has 0 aliphatic carbocycles. The van der Waals surface area contributed by atoms with Gasteiger partial charge in [-0.2, -0.15) is 0 Å². The van der Waals surface area contributed by atoms with E-state index in [1.807, 2.05) is 12.1 Å². The monoisotopic (exact) mass is 150 g/mol. The average molecular weight is 150 g/mol. The van der Waals surface area contributed by atoms with Gasteiger partial charge in [-0.1, -0.05) is 18.2 Å². The Labute approximate surface area is 64.8 Å². The molecule has 1 rings (SSSR count). The average Bonchev–Trinajstić information content (AvgIpc) is 2.03. The third-order valence-electron chi connectivity index (χ3n) is 1.15. The van der Waals surface area contributed by atoms with Crippen molar-refractivity contribution in [1.82, 2.24) is 0 Å². The molecule has 0 spiro atoms. The quantitative estimate of drug-likeness (QED) is 0.685. The van der Waals surface area contributed by atoms with Crippen molar-refractivity contribution in [2.24, 2.45) is 5.73 Å². The SMILES string of the molecule is NC(=O)OCc1c[c]ccc1. The fraction of sp³-hybridized carbons (Fsp3) is 0.125. The highest BCUT2D eigenvalue weighted by atomic mass is 16.5. The Morgan fingerprint density at radius 3 is 3.09 bits per heavy atom. The van der Waals surface area contributed by atoms with Crippen molar-refractivity contribution in [2.45, 2.75) is 6.61 Å². The van der Waals surface area contributed by atoms with Crippen molar-refractivity contribution in [3.05, 3.63) is 35.9 Å². The predicted octanol–water partition coefficient (Wildman–Crippen LogP) is 1.08. The lowest BCUT2D eigenvalue weighted by Gasteiger charge is -1.99. The first-order chi connectivity index (χ1) is 5.29. The van der Waals surface area contributed by atoms with Crippen molar-refractivity contribution >= 4 is 6.09 Å². The van der Waals surface area contributed by atoms with E-state index in [1.165, 1.54) is 0 Å². The summed E-state index contributed by atoms with van der Waals surface area (Å²) < 4.78 is 4.55. The Morgan fingerprint density at radius 2 is 2.55 bits per heavy atom. The van der Waals surface area contributed by atoms with E-state index in [1.54, 1.807) is 12.1 Å². The summed E-state index contributed by atoms with van der Waals surface area (Å²) in [6, 6.07) is 10.0. The Balaban J connectivity index is 2.45. The van der Waals surface area contributed by atoms with Crippen LogP contribution in [0.3, 0.4) is 0 Å². The minimum absolute atomic E-state index is 0.215. The highest BCUT2D eigenvalue weighted by Crippen LogP contribution is 1.98. The fourth-order valence-electron chi connectivity index (χ4n) is 0.675. The lowest BCUT2D eigenvalue weighted by Crippen LogP contribution is -2.12. The van der Waals surface area contributed by atoms with Gasteiger partial charge in [0.25, 0.3) is 0 Å². The largest absolute Gasteiger partial charge is 0.445 e. The number of carbonyl (C=O) groups is 1. The normalized spacial score (nSPS) is 9.09. The third-order valence-corrected chi connectivity index (χ3v) is 1.15. The summed E-state index contributed by atoms with van der Waals surface area (Å²) in [5.41, 5.74) is 5.65. The molecular weight excluding hydrogens is 142 g/mol. The maximum absolute atomic E-state index is 10.2. The van der Waals surface area contributed by atoms with Gasteiger partial charge in [-0.05, 0) is 17.7 Å². The number of primary amides is 1. The smallest absolute Gasteiger partial charge is 0.404 e. The molecule has 1 amide bonds. The number of hydrogen-bond acceptors (Lipinski definition) is 2. The molecule has 1 radical (unpaired) electrons. The van der Waals surface area contributed by atoms with E-state index in [2.05, 4.69) is 10.8 Å². The Kier molecular flexibility index (Phi) is 2.49. The highest BCUT2D eigenvalue weighted by Gasteiger charge is 1.93. The molecular formula is C8H8NO2. The van der Waals surface area contributed by atoms with Crippen molar-refractivity contribution in [3.8, 4) is 0 Å². The van der Waals surface area contributed by atoms with Gasteiger partial charge in [0.1, 0.15) is 6.61 Å². The van der Waals surface area contributed by atoms with Gasteiger partial charge >= 0.3 is 6.09 Å².